The summed E-state index contributed by atoms with van der Waals surface area (Å²) in [6, 6.07) is 16.2. The molecule has 0 atom stereocenters. The number of oxazole rings is 1. The van der Waals surface area contributed by atoms with Crippen molar-refractivity contribution in [2.24, 2.45) is 0 Å². The molecule has 3 rings (SSSR count). The van der Waals surface area contributed by atoms with Gasteiger partial charge in [-0.1, -0.05) is 42.0 Å². The number of rotatable bonds is 8. The third-order valence-electron chi connectivity index (χ3n) is 4.00. The summed E-state index contributed by atoms with van der Waals surface area (Å²) in [7, 11) is 0. The van der Waals surface area contributed by atoms with Crippen molar-refractivity contribution < 1.29 is 14.3 Å². The van der Waals surface area contributed by atoms with Crippen LogP contribution in [-0.4, -0.2) is 16.7 Å². The molecule has 0 fully saturated rings. The molecule has 134 valence electrons. The third-order valence-corrected chi connectivity index (χ3v) is 4.00. The van der Waals surface area contributed by atoms with Crippen LogP contribution in [0.3, 0.4) is 0 Å². The van der Waals surface area contributed by atoms with Gasteiger partial charge in [-0.25, -0.2) is 4.98 Å². The molecule has 4 nitrogen and oxygen atoms in total. The summed E-state index contributed by atoms with van der Waals surface area (Å²) in [6.07, 6.45) is 7.09. The van der Waals surface area contributed by atoms with Gasteiger partial charge in [-0.2, -0.15) is 0 Å². The first kappa shape index (κ1) is 18.0. The number of ether oxygens (including phenoxy) is 1. The minimum Gasteiger partial charge on any atom is -0.487 e. The minimum absolute atomic E-state index is 0.213. The number of aromatic nitrogens is 1. The van der Waals surface area contributed by atoms with Gasteiger partial charge in [-0.3, -0.25) is 0 Å². The van der Waals surface area contributed by atoms with Crippen LogP contribution in [0, 0.1) is 6.92 Å². The summed E-state index contributed by atoms with van der Waals surface area (Å²) in [5.41, 5.74) is 4.28. The number of aliphatic hydroxyl groups is 1. The molecule has 1 aromatic heterocycles. The quantitative estimate of drug-likeness (QED) is 0.643. The van der Waals surface area contributed by atoms with Crippen LogP contribution in [0.25, 0.3) is 12.2 Å². The van der Waals surface area contributed by atoms with Crippen molar-refractivity contribution in [2.45, 2.75) is 26.4 Å². The van der Waals surface area contributed by atoms with Gasteiger partial charge in [-0.15, -0.1) is 0 Å². The van der Waals surface area contributed by atoms with Crippen LogP contribution in [0.4, 0.5) is 0 Å². The summed E-state index contributed by atoms with van der Waals surface area (Å²) in [5, 5.41) is 8.86. The lowest BCUT2D eigenvalue weighted by molar-refractivity contribution is 0.288. The second-order valence-electron chi connectivity index (χ2n) is 6.18. The highest BCUT2D eigenvalue weighted by Gasteiger charge is 2.03. The van der Waals surface area contributed by atoms with Gasteiger partial charge in [-0.05, 0) is 49.1 Å². The number of aliphatic hydroxyl groups excluding tert-OH is 1. The van der Waals surface area contributed by atoms with Crippen molar-refractivity contribution in [1.82, 2.24) is 4.98 Å². The van der Waals surface area contributed by atoms with Gasteiger partial charge in [0.05, 0.1) is 0 Å². The van der Waals surface area contributed by atoms with Crippen molar-refractivity contribution in [1.29, 1.82) is 0 Å². The Labute approximate surface area is 153 Å². The van der Waals surface area contributed by atoms with E-state index in [0.717, 1.165) is 29.8 Å². The van der Waals surface area contributed by atoms with Gasteiger partial charge in [0, 0.05) is 12.7 Å². The van der Waals surface area contributed by atoms with E-state index in [2.05, 4.69) is 36.2 Å². The van der Waals surface area contributed by atoms with Crippen LogP contribution < -0.4 is 4.74 Å². The van der Waals surface area contributed by atoms with E-state index in [9.17, 15) is 0 Å². The summed E-state index contributed by atoms with van der Waals surface area (Å²) >= 11 is 0. The van der Waals surface area contributed by atoms with Gasteiger partial charge in [0.2, 0.25) is 5.89 Å². The van der Waals surface area contributed by atoms with Crippen molar-refractivity contribution in [3.63, 3.8) is 0 Å². The molecule has 0 aliphatic carbocycles. The lowest BCUT2D eigenvalue weighted by Gasteiger charge is -2.05. The van der Waals surface area contributed by atoms with Crippen LogP contribution in [0.15, 0.2) is 59.2 Å². The topological polar surface area (TPSA) is 55.5 Å². The first-order chi connectivity index (χ1) is 12.7. The minimum atomic E-state index is 0.213. The number of benzene rings is 2. The first-order valence-electron chi connectivity index (χ1n) is 8.75. The van der Waals surface area contributed by atoms with Crippen molar-refractivity contribution >= 4 is 12.2 Å². The number of nitrogens with zero attached hydrogens (tertiary/aromatic N) is 1. The fourth-order valence-corrected chi connectivity index (χ4v) is 2.50. The lowest BCUT2D eigenvalue weighted by Crippen LogP contribution is -1.96. The van der Waals surface area contributed by atoms with E-state index in [1.54, 1.807) is 6.26 Å². The van der Waals surface area contributed by atoms with Gasteiger partial charge >= 0.3 is 0 Å². The largest absolute Gasteiger partial charge is 0.487 e. The van der Waals surface area contributed by atoms with E-state index in [1.807, 2.05) is 36.4 Å². The average molecular weight is 349 g/mol. The van der Waals surface area contributed by atoms with E-state index < -0.39 is 0 Å². The van der Waals surface area contributed by atoms with Gasteiger partial charge in [0.15, 0.2) is 0 Å². The molecule has 0 saturated heterocycles. The Hall–Kier alpha value is -2.85. The van der Waals surface area contributed by atoms with Crippen LogP contribution in [-0.2, 0) is 13.0 Å². The molecule has 4 heteroatoms. The summed E-state index contributed by atoms with van der Waals surface area (Å²) < 4.78 is 11.2. The van der Waals surface area contributed by atoms with Gasteiger partial charge in [0.25, 0.3) is 0 Å². The molecule has 0 unspecified atom stereocenters. The molecule has 0 spiro atoms. The van der Waals surface area contributed by atoms with E-state index in [1.165, 1.54) is 11.1 Å². The summed E-state index contributed by atoms with van der Waals surface area (Å²) in [6.45, 7) is 2.64. The Kier molecular flexibility index (Phi) is 6.23. The molecule has 1 heterocycles. The standard InChI is InChI=1S/C22H23NO3/c1-17-4-6-19(7-5-17)10-13-22-23-20(16-26-22)15-25-21-11-8-18(9-12-21)3-2-14-24/h4-13,16,24H,2-3,14-15H2,1H3/b13-10+. The van der Waals surface area contributed by atoms with Crippen LogP contribution >= 0.6 is 0 Å². The zero-order valence-corrected chi connectivity index (χ0v) is 14.9. The van der Waals surface area contributed by atoms with Crippen LogP contribution in [0.5, 0.6) is 5.75 Å². The first-order valence-corrected chi connectivity index (χ1v) is 8.75. The number of hydrogen-bond donors (Lipinski definition) is 1. The van der Waals surface area contributed by atoms with Crippen molar-refractivity contribution in [3.8, 4) is 5.75 Å². The number of hydrogen-bond acceptors (Lipinski definition) is 4. The molecular weight excluding hydrogens is 326 g/mol. The molecule has 0 radical (unpaired) electrons. The summed E-state index contributed by atoms with van der Waals surface area (Å²) in [4.78, 5) is 4.41. The molecule has 1 N–H and O–H groups in total. The Morgan fingerprint density at radius 3 is 2.54 bits per heavy atom. The number of aryl methyl sites for hydroxylation is 2. The molecule has 3 aromatic rings. The Balaban J connectivity index is 1.52. The maximum Gasteiger partial charge on any atom is 0.218 e. The Morgan fingerprint density at radius 2 is 1.81 bits per heavy atom. The van der Waals surface area contributed by atoms with E-state index in [0.29, 0.717) is 12.5 Å². The SMILES string of the molecule is Cc1ccc(/C=C/c2nc(COc3ccc(CCCO)cc3)co2)cc1. The van der Waals surface area contributed by atoms with Crippen LogP contribution in [0.2, 0.25) is 0 Å². The summed E-state index contributed by atoms with van der Waals surface area (Å²) in [5.74, 6) is 1.35. The monoisotopic (exact) mass is 349 g/mol. The van der Waals surface area contributed by atoms with Gasteiger partial charge in [0.1, 0.15) is 24.3 Å². The molecule has 0 aliphatic rings. The van der Waals surface area contributed by atoms with Crippen molar-refractivity contribution in [3.05, 3.63) is 83.1 Å². The predicted molar refractivity (Wildman–Crippen MR) is 103 cm³/mol. The molecular formula is C22H23NO3. The molecule has 0 amide bonds. The average Bonchev–Trinajstić information content (AvgIpc) is 3.13. The second-order valence-corrected chi connectivity index (χ2v) is 6.18. The predicted octanol–water partition coefficient (Wildman–Crippen LogP) is 4.66. The highest BCUT2D eigenvalue weighted by atomic mass is 16.5. The molecule has 2 aromatic carbocycles. The fraction of sp³-hybridized carbons (Fsp3) is 0.227. The van der Waals surface area contributed by atoms with Crippen LogP contribution in [0.1, 0.15) is 34.7 Å². The maximum atomic E-state index is 8.86. The molecule has 0 aliphatic heterocycles. The zero-order chi connectivity index (χ0) is 18.2. The molecule has 0 saturated carbocycles. The Morgan fingerprint density at radius 1 is 1.04 bits per heavy atom. The fourth-order valence-electron chi connectivity index (χ4n) is 2.50. The van der Waals surface area contributed by atoms with Gasteiger partial charge < -0.3 is 14.3 Å². The molecule has 26 heavy (non-hydrogen) atoms. The maximum absolute atomic E-state index is 8.86. The lowest BCUT2D eigenvalue weighted by atomic mass is 10.1. The Bertz CT molecular complexity index is 833. The smallest absolute Gasteiger partial charge is 0.218 e. The highest BCUT2D eigenvalue weighted by molar-refractivity contribution is 5.66. The van der Waals surface area contributed by atoms with E-state index in [4.69, 9.17) is 14.3 Å². The molecule has 0 bridgehead atoms. The zero-order valence-electron chi connectivity index (χ0n) is 14.9. The highest BCUT2D eigenvalue weighted by Crippen LogP contribution is 2.16. The normalized spacial score (nSPS) is 11.2. The van der Waals surface area contributed by atoms with Crippen molar-refractivity contribution in [2.75, 3.05) is 6.61 Å². The second kappa shape index (κ2) is 9.02. The van der Waals surface area contributed by atoms with E-state index >= 15 is 0 Å². The van der Waals surface area contributed by atoms with E-state index in [-0.39, 0.29) is 6.61 Å². The third kappa shape index (κ3) is 5.33.